The Hall–Kier alpha value is -2.56. The van der Waals surface area contributed by atoms with Gasteiger partial charge in [0.2, 0.25) is 0 Å². The molecule has 0 bridgehead atoms. The van der Waals surface area contributed by atoms with Crippen LogP contribution in [0, 0.1) is 5.82 Å². The molecule has 160 valence electrons. The van der Waals surface area contributed by atoms with Crippen molar-refractivity contribution in [2.45, 2.75) is 30.7 Å². The number of hydrogen-bond donors (Lipinski definition) is 1. The number of halogens is 6. The predicted octanol–water partition coefficient (Wildman–Crippen LogP) is 4.24. The van der Waals surface area contributed by atoms with Crippen LogP contribution in [0.1, 0.15) is 28.0 Å². The smallest absolute Gasteiger partial charge is 0.425 e. The van der Waals surface area contributed by atoms with Crippen LogP contribution < -0.4 is 5.73 Å². The number of ketones is 1. The van der Waals surface area contributed by atoms with Gasteiger partial charge >= 0.3 is 6.18 Å². The third kappa shape index (κ3) is 4.61. The molecule has 1 aromatic heterocycles. The minimum absolute atomic E-state index is 0.148. The van der Waals surface area contributed by atoms with Crippen LogP contribution in [-0.2, 0) is 16.7 Å². The number of aromatic nitrogens is 1. The number of amidine groups is 1. The third-order valence-electron chi connectivity index (χ3n) is 4.61. The molecule has 3 rings (SSSR count). The number of aliphatic imine (C=N–C) groups is 1. The zero-order valence-electron chi connectivity index (χ0n) is 15.2. The molecule has 1 aliphatic rings. The molecule has 2 aromatic rings. The fourth-order valence-electron chi connectivity index (χ4n) is 3.14. The van der Waals surface area contributed by atoms with Crippen molar-refractivity contribution in [3.8, 4) is 0 Å². The summed E-state index contributed by atoms with van der Waals surface area (Å²) in [5.41, 5.74) is 3.10. The molecule has 0 spiro atoms. The number of Topliss-reactive ketones (excluding diaryl/α,β-unsaturated/α-hetero) is 1. The van der Waals surface area contributed by atoms with Gasteiger partial charge in [0.05, 0.1) is 0 Å². The van der Waals surface area contributed by atoms with Crippen molar-refractivity contribution < 1.29 is 31.5 Å². The number of carbonyl (C=O) groups excluding carboxylic acids is 1. The largest absolute Gasteiger partial charge is 0.452 e. The van der Waals surface area contributed by atoms with Gasteiger partial charge in [-0.25, -0.2) is 13.8 Å². The zero-order valence-corrected chi connectivity index (χ0v) is 16.8. The van der Waals surface area contributed by atoms with Gasteiger partial charge in [-0.3, -0.25) is 9.78 Å². The summed E-state index contributed by atoms with van der Waals surface area (Å²) in [5, 5.41) is 0. The second-order valence-corrected chi connectivity index (χ2v) is 7.66. The van der Waals surface area contributed by atoms with Crippen LogP contribution in [0.2, 0.25) is 0 Å². The van der Waals surface area contributed by atoms with Gasteiger partial charge < -0.3 is 10.5 Å². The molecule has 0 saturated carbocycles. The van der Waals surface area contributed by atoms with Gasteiger partial charge in [-0.15, -0.1) is 0 Å². The van der Waals surface area contributed by atoms with Gasteiger partial charge in [-0.2, -0.15) is 13.2 Å². The molecule has 1 aromatic carbocycles. The van der Waals surface area contributed by atoms with Crippen molar-refractivity contribution >= 4 is 27.7 Å². The van der Waals surface area contributed by atoms with Crippen molar-refractivity contribution in [1.82, 2.24) is 4.98 Å². The Morgan fingerprint density at radius 1 is 1.30 bits per heavy atom. The lowest BCUT2D eigenvalue weighted by Gasteiger charge is -2.36. The molecule has 1 aliphatic heterocycles. The minimum atomic E-state index is -4.85. The monoisotopic (exact) mass is 491 g/mol. The number of ether oxygens (including phenoxy) is 1. The Morgan fingerprint density at radius 3 is 2.63 bits per heavy atom. The lowest BCUT2D eigenvalue weighted by Crippen LogP contribution is -2.48. The van der Waals surface area contributed by atoms with Crippen LogP contribution in [0.25, 0.3) is 0 Å². The molecular formula is C19H15BrF5N3O2. The van der Waals surface area contributed by atoms with E-state index >= 15 is 0 Å². The van der Waals surface area contributed by atoms with Crippen LogP contribution >= 0.6 is 15.9 Å². The summed E-state index contributed by atoms with van der Waals surface area (Å²) in [7, 11) is 0. The lowest BCUT2D eigenvalue weighted by molar-refractivity contribution is -0.209. The highest BCUT2D eigenvalue weighted by molar-refractivity contribution is 9.10. The Bertz CT molecular complexity index is 981. The standard InChI is InChI=1S/C19H15BrF5N3O2/c20-11-2-4-14(27-8-11)15(29)6-10-1-3-13(22)12(5-10)18(9-21)7-16(19(23,24)25)30-17(26)28-18/h1-5,8,16H,6-7,9H2,(H2,26,28)/t16-,18+/m0/s1. The van der Waals surface area contributed by atoms with Gasteiger partial charge in [0.1, 0.15) is 23.7 Å². The van der Waals surface area contributed by atoms with Gasteiger partial charge in [0, 0.05) is 29.1 Å². The molecular weight excluding hydrogens is 477 g/mol. The first-order chi connectivity index (χ1) is 14.0. The summed E-state index contributed by atoms with van der Waals surface area (Å²) < 4.78 is 73.2. The normalized spacial score (nSPS) is 21.7. The topological polar surface area (TPSA) is 77.6 Å². The number of benzene rings is 1. The first kappa shape index (κ1) is 22.1. The minimum Gasteiger partial charge on any atom is -0.452 e. The van der Waals surface area contributed by atoms with Crippen LogP contribution in [0.15, 0.2) is 46.0 Å². The quantitative estimate of drug-likeness (QED) is 0.501. The summed E-state index contributed by atoms with van der Waals surface area (Å²) in [4.78, 5) is 20.1. The van der Waals surface area contributed by atoms with E-state index < -0.39 is 54.1 Å². The number of alkyl halides is 4. The Kier molecular flexibility index (Phi) is 6.11. The average molecular weight is 492 g/mol. The van der Waals surface area contributed by atoms with E-state index in [1.165, 1.54) is 18.3 Å². The van der Waals surface area contributed by atoms with Gasteiger partial charge in [-0.05, 0) is 45.8 Å². The molecule has 30 heavy (non-hydrogen) atoms. The molecule has 0 aliphatic carbocycles. The molecule has 0 amide bonds. The van der Waals surface area contributed by atoms with Crippen LogP contribution in [-0.4, -0.2) is 35.7 Å². The summed E-state index contributed by atoms with van der Waals surface area (Å²) in [6, 6.07) is 5.58. The van der Waals surface area contributed by atoms with Crippen LogP contribution in [0.5, 0.6) is 0 Å². The number of carbonyl (C=O) groups is 1. The van der Waals surface area contributed by atoms with E-state index in [0.717, 1.165) is 12.1 Å². The number of rotatable bonds is 5. The Balaban J connectivity index is 1.96. The van der Waals surface area contributed by atoms with Gasteiger partial charge in [-0.1, -0.05) is 6.07 Å². The number of nitrogens with zero attached hydrogens (tertiary/aromatic N) is 2. The van der Waals surface area contributed by atoms with E-state index in [-0.39, 0.29) is 17.7 Å². The second-order valence-electron chi connectivity index (χ2n) is 6.74. The van der Waals surface area contributed by atoms with E-state index in [1.807, 2.05) is 0 Å². The molecule has 0 unspecified atom stereocenters. The maximum Gasteiger partial charge on any atom is 0.425 e. The number of nitrogens with two attached hydrogens (primary N) is 1. The summed E-state index contributed by atoms with van der Waals surface area (Å²) in [5.74, 6) is -1.37. The number of hydrogen-bond acceptors (Lipinski definition) is 5. The van der Waals surface area contributed by atoms with E-state index in [1.54, 1.807) is 6.07 Å². The van der Waals surface area contributed by atoms with Crippen LogP contribution in [0.4, 0.5) is 22.0 Å². The zero-order chi connectivity index (χ0) is 22.1. The molecule has 0 saturated heterocycles. The third-order valence-corrected chi connectivity index (χ3v) is 5.08. The molecule has 0 radical (unpaired) electrons. The van der Waals surface area contributed by atoms with E-state index in [4.69, 9.17) is 5.73 Å². The van der Waals surface area contributed by atoms with E-state index in [9.17, 15) is 26.7 Å². The number of pyridine rings is 1. The SMILES string of the molecule is NC1=N[C@](CF)(c2cc(CC(=O)c3ccc(Br)cn3)ccc2F)C[C@@H](C(F)(F)F)O1. The van der Waals surface area contributed by atoms with E-state index in [2.05, 4.69) is 30.6 Å². The van der Waals surface area contributed by atoms with Gasteiger partial charge in [0.25, 0.3) is 6.02 Å². The molecule has 2 heterocycles. The molecule has 2 N–H and O–H groups in total. The highest BCUT2D eigenvalue weighted by atomic mass is 79.9. The summed E-state index contributed by atoms with van der Waals surface area (Å²) in [6.07, 6.45) is -7.07. The first-order valence-corrected chi connectivity index (χ1v) is 9.42. The maximum absolute atomic E-state index is 14.5. The van der Waals surface area contributed by atoms with Crippen molar-refractivity contribution in [1.29, 1.82) is 0 Å². The fraction of sp³-hybridized carbons (Fsp3) is 0.316. The molecule has 0 fully saturated rings. The lowest BCUT2D eigenvalue weighted by atomic mass is 9.83. The Morgan fingerprint density at radius 2 is 2.03 bits per heavy atom. The van der Waals surface area contributed by atoms with Gasteiger partial charge in [0.15, 0.2) is 11.9 Å². The fourth-order valence-corrected chi connectivity index (χ4v) is 3.38. The van der Waals surface area contributed by atoms with Crippen LogP contribution in [0.3, 0.4) is 0 Å². The van der Waals surface area contributed by atoms with Crippen molar-refractivity contribution in [3.05, 3.63) is 63.6 Å². The van der Waals surface area contributed by atoms with Crippen molar-refractivity contribution in [2.24, 2.45) is 10.7 Å². The molecule has 11 heteroatoms. The predicted molar refractivity (Wildman–Crippen MR) is 101 cm³/mol. The van der Waals surface area contributed by atoms with Crippen molar-refractivity contribution in [2.75, 3.05) is 6.67 Å². The highest BCUT2D eigenvalue weighted by Gasteiger charge is 2.52. The summed E-state index contributed by atoms with van der Waals surface area (Å²) in [6.45, 7) is -1.44. The molecule has 2 atom stereocenters. The summed E-state index contributed by atoms with van der Waals surface area (Å²) >= 11 is 3.20. The Labute approximate surface area is 176 Å². The van der Waals surface area contributed by atoms with E-state index in [0.29, 0.717) is 4.47 Å². The molecule has 5 nitrogen and oxygen atoms in total. The first-order valence-electron chi connectivity index (χ1n) is 8.62. The second kappa shape index (κ2) is 8.29. The van der Waals surface area contributed by atoms with Crippen molar-refractivity contribution in [3.63, 3.8) is 0 Å². The maximum atomic E-state index is 14.5. The average Bonchev–Trinajstić information content (AvgIpc) is 2.68. The highest BCUT2D eigenvalue weighted by Crippen LogP contribution is 2.41.